The fourth-order valence-electron chi connectivity index (χ4n) is 3.36. The number of rotatable bonds is 2. The molecule has 0 aromatic rings. The van der Waals surface area contributed by atoms with Crippen LogP contribution in [0, 0.1) is 17.8 Å². The molecule has 3 nitrogen and oxygen atoms in total. The molecule has 2 bridgehead atoms. The second-order valence-corrected chi connectivity index (χ2v) is 6.66. The Balaban J connectivity index is 1.51. The van der Waals surface area contributed by atoms with Crippen LogP contribution in [-0.4, -0.2) is 22.9 Å². The minimum Gasteiger partial charge on any atom is -0.364 e. The summed E-state index contributed by atoms with van der Waals surface area (Å²) in [4.78, 5) is 15.3. The third-order valence-corrected chi connectivity index (χ3v) is 5.26. The number of nitrogens with zero attached hydrogens (tertiary/aromatic N) is 1. The van der Waals surface area contributed by atoms with E-state index in [2.05, 4.69) is 10.3 Å². The first-order valence-corrected chi connectivity index (χ1v) is 7.13. The van der Waals surface area contributed by atoms with Crippen molar-refractivity contribution in [3.63, 3.8) is 0 Å². The molecule has 2 aliphatic carbocycles. The van der Waals surface area contributed by atoms with Gasteiger partial charge in [0.05, 0.1) is 5.25 Å². The summed E-state index contributed by atoms with van der Waals surface area (Å²) >= 11 is 1.57. The number of hydrogen-bond acceptors (Lipinski definition) is 3. The zero-order valence-corrected chi connectivity index (χ0v) is 10.4. The number of nitrogens with one attached hydrogen (secondary N) is 1. The van der Waals surface area contributed by atoms with Crippen LogP contribution in [0.4, 0.5) is 0 Å². The zero-order valence-electron chi connectivity index (χ0n) is 9.61. The van der Waals surface area contributed by atoms with Crippen LogP contribution in [0.15, 0.2) is 4.99 Å². The van der Waals surface area contributed by atoms with Crippen LogP contribution in [0.2, 0.25) is 0 Å². The lowest BCUT2D eigenvalue weighted by Crippen LogP contribution is -2.29. The lowest BCUT2D eigenvalue weighted by molar-refractivity contribution is -0.116. The molecule has 2 unspecified atom stereocenters. The van der Waals surface area contributed by atoms with E-state index in [0.29, 0.717) is 0 Å². The number of thioether (sulfide) groups is 1. The van der Waals surface area contributed by atoms with Crippen LogP contribution >= 0.6 is 11.8 Å². The van der Waals surface area contributed by atoms with Gasteiger partial charge >= 0.3 is 0 Å². The van der Waals surface area contributed by atoms with Crippen LogP contribution in [0.25, 0.3) is 0 Å². The molecule has 3 aliphatic rings. The predicted octanol–water partition coefficient (Wildman–Crippen LogP) is 2.03. The van der Waals surface area contributed by atoms with Gasteiger partial charge in [-0.1, -0.05) is 18.2 Å². The second kappa shape index (κ2) is 4.06. The Morgan fingerprint density at radius 2 is 2.31 bits per heavy atom. The van der Waals surface area contributed by atoms with Crippen molar-refractivity contribution in [1.82, 2.24) is 5.32 Å². The monoisotopic (exact) mass is 238 g/mol. The van der Waals surface area contributed by atoms with Gasteiger partial charge < -0.3 is 5.32 Å². The van der Waals surface area contributed by atoms with Gasteiger partial charge in [-0.3, -0.25) is 4.79 Å². The molecule has 1 heterocycles. The fraction of sp³-hybridized carbons (Fsp3) is 0.833. The first-order chi connectivity index (χ1) is 7.72. The summed E-state index contributed by atoms with van der Waals surface area (Å²) in [6.07, 6.45) is 5.71. The maximum atomic E-state index is 11.3. The number of amides is 1. The van der Waals surface area contributed by atoms with Crippen molar-refractivity contribution in [2.45, 2.75) is 37.9 Å². The molecule has 1 aliphatic heterocycles. The standard InChI is InChI=1S/C12H18N2OS/c1-7-11(15)14-12(16-7)13-6-10-5-8-2-3-9(10)4-8/h7-10H,2-6H2,1H3,(H,13,14,15)/t7?,8-,9?,10-/m1/s1. The van der Waals surface area contributed by atoms with Crippen LogP contribution in [0.5, 0.6) is 0 Å². The maximum absolute atomic E-state index is 11.3. The van der Waals surface area contributed by atoms with Gasteiger partial charge in [0.1, 0.15) is 0 Å². The summed E-state index contributed by atoms with van der Waals surface area (Å²) in [6.45, 7) is 2.94. The normalized spacial score (nSPS) is 41.6. The highest BCUT2D eigenvalue weighted by Gasteiger charge is 2.39. The van der Waals surface area contributed by atoms with Gasteiger partial charge in [0.25, 0.3) is 5.91 Å². The van der Waals surface area contributed by atoms with E-state index in [9.17, 15) is 4.79 Å². The third-order valence-electron chi connectivity index (χ3n) is 4.25. The second-order valence-electron chi connectivity index (χ2n) is 5.33. The smallest absolute Gasteiger partial charge is 0.261 e. The van der Waals surface area contributed by atoms with Crippen molar-refractivity contribution in [2.24, 2.45) is 22.7 Å². The summed E-state index contributed by atoms with van der Waals surface area (Å²) in [5, 5.41) is 4.23. The summed E-state index contributed by atoms with van der Waals surface area (Å²) in [5.41, 5.74) is 0. The summed E-state index contributed by atoms with van der Waals surface area (Å²) in [5.74, 6) is 2.78. The molecule has 1 amide bonds. The number of hydrogen-bond donors (Lipinski definition) is 1. The van der Waals surface area contributed by atoms with Gasteiger partial charge in [-0.25, -0.2) is 0 Å². The number of fused-ring (bicyclic) bond motifs is 2. The topological polar surface area (TPSA) is 41.5 Å². The van der Waals surface area contributed by atoms with Crippen molar-refractivity contribution in [3.8, 4) is 0 Å². The molecule has 88 valence electrons. The van der Waals surface area contributed by atoms with Gasteiger partial charge in [-0.15, -0.1) is 0 Å². The Bertz CT molecular complexity index is 342. The molecule has 2 fully saturated rings. The molecule has 4 atom stereocenters. The highest BCUT2D eigenvalue weighted by atomic mass is 32.2. The van der Waals surface area contributed by atoms with Crippen molar-refractivity contribution in [3.05, 3.63) is 0 Å². The van der Waals surface area contributed by atoms with E-state index in [0.717, 1.165) is 29.5 Å². The van der Waals surface area contributed by atoms with Crippen LogP contribution in [0.3, 0.4) is 0 Å². The van der Waals surface area contributed by atoms with Gasteiger partial charge in [-0.05, 0) is 43.9 Å². The van der Waals surface area contributed by atoms with E-state index in [1.165, 1.54) is 25.7 Å². The quantitative estimate of drug-likeness (QED) is 0.800. The number of carbonyl (C=O) groups is 1. The molecule has 3 rings (SSSR count). The predicted molar refractivity (Wildman–Crippen MR) is 66.4 cm³/mol. The minimum absolute atomic E-state index is 0.0143. The van der Waals surface area contributed by atoms with Crippen LogP contribution < -0.4 is 5.32 Å². The number of aliphatic imine (C=N–C) groups is 1. The third kappa shape index (κ3) is 1.88. The average molecular weight is 238 g/mol. The molecule has 0 radical (unpaired) electrons. The first kappa shape index (κ1) is 10.6. The molecule has 2 saturated carbocycles. The number of carbonyl (C=O) groups excluding carboxylic acids is 1. The highest BCUT2D eigenvalue weighted by Crippen LogP contribution is 2.48. The van der Waals surface area contributed by atoms with Gasteiger partial charge in [-0.2, -0.15) is 4.99 Å². The van der Waals surface area contributed by atoms with E-state index >= 15 is 0 Å². The summed E-state index contributed by atoms with van der Waals surface area (Å²) in [7, 11) is 0. The SMILES string of the molecule is CC1SC(NC[C@H]2C[C@@H]3CCC2C3)=NC1=O. The van der Waals surface area contributed by atoms with E-state index in [1.54, 1.807) is 11.8 Å². The summed E-state index contributed by atoms with van der Waals surface area (Å²) in [6, 6.07) is 0. The lowest BCUT2D eigenvalue weighted by Gasteiger charge is -2.22. The van der Waals surface area contributed by atoms with Crippen molar-refractivity contribution >= 4 is 22.8 Å². The largest absolute Gasteiger partial charge is 0.364 e. The first-order valence-electron chi connectivity index (χ1n) is 6.25. The molecular weight excluding hydrogens is 220 g/mol. The Labute approximate surface area is 100 Å². The van der Waals surface area contributed by atoms with Gasteiger partial charge in [0.15, 0.2) is 5.17 Å². The van der Waals surface area contributed by atoms with Gasteiger partial charge in [0.2, 0.25) is 0 Å². The summed E-state index contributed by atoms with van der Waals surface area (Å²) < 4.78 is 0. The average Bonchev–Trinajstić information content (AvgIpc) is 2.92. The zero-order chi connectivity index (χ0) is 11.1. The molecule has 0 aromatic heterocycles. The molecule has 16 heavy (non-hydrogen) atoms. The van der Waals surface area contributed by atoms with Crippen LogP contribution in [-0.2, 0) is 4.79 Å². The number of amidine groups is 1. The highest BCUT2D eigenvalue weighted by molar-refractivity contribution is 8.15. The molecule has 0 spiro atoms. The Morgan fingerprint density at radius 3 is 2.88 bits per heavy atom. The maximum Gasteiger partial charge on any atom is 0.261 e. The van der Waals surface area contributed by atoms with E-state index in [-0.39, 0.29) is 11.2 Å². The van der Waals surface area contributed by atoms with Crippen molar-refractivity contribution < 1.29 is 4.79 Å². The molecule has 4 heteroatoms. The van der Waals surface area contributed by atoms with Gasteiger partial charge in [0, 0.05) is 6.54 Å². The molecule has 0 aromatic carbocycles. The molecule has 1 N–H and O–H groups in total. The molecular formula is C12H18N2OS. The van der Waals surface area contributed by atoms with Crippen molar-refractivity contribution in [2.75, 3.05) is 6.54 Å². The Morgan fingerprint density at radius 1 is 1.44 bits per heavy atom. The van der Waals surface area contributed by atoms with Crippen molar-refractivity contribution in [1.29, 1.82) is 0 Å². The van der Waals surface area contributed by atoms with E-state index < -0.39 is 0 Å². The Kier molecular flexibility index (Phi) is 2.70. The van der Waals surface area contributed by atoms with E-state index in [1.807, 2.05) is 6.92 Å². The molecule has 0 saturated heterocycles. The Hall–Kier alpha value is -0.510. The van der Waals surface area contributed by atoms with E-state index in [4.69, 9.17) is 0 Å². The lowest BCUT2D eigenvalue weighted by atomic mass is 9.89. The van der Waals surface area contributed by atoms with Crippen LogP contribution in [0.1, 0.15) is 32.6 Å². The minimum atomic E-state index is 0.0143. The fourth-order valence-corrected chi connectivity index (χ4v) is 4.16.